The Bertz CT molecular complexity index is 182. The van der Waals surface area contributed by atoms with Crippen molar-refractivity contribution >= 4 is 5.78 Å². The van der Waals surface area contributed by atoms with Gasteiger partial charge in [-0.2, -0.15) is 0 Å². The highest BCUT2D eigenvalue weighted by Crippen LogP contribution is 2.16. The second-order valence-corrected chi connectivity index (χ2v) is 4.17. The Morgan fingerprint density at radius 2 is 2.21 bits per heavy atom. The van der Waals surface area contributed by atoms with Gasteiger partial charge in [0.1, 0.15) is 0 Å². The largest absolute Gasteiger partial charge is 0.298 e. The molecular formula is C11H22N2O. The monoisotopic (exact) mass is 198 g/mol. The summed E-state index contributed by atoms with van der Waals surface area (Å²) in [6.45, 7) is 3.03. The molecule has 0 saturated carbocycles. The van der Waals surface area contributed by atoms with E-state index in [1.807, 2.05) is 0 Å². The van der Waals surface area contributed by atoms with Crippen LogP contribution in [-0.4, -0.2) is 23.4 Å². The van der Waals surface area contributed by atoms with E-state index in [4.69, 9.17) is 5.84 Å². The van der Waals surface area contributed by atoms with Crippen LogP contribution in [0.4, 0.5) is 0 Å². The Morgan fingerprint density at radius 1 is 1.43 bits per heavy atom. The second kappa shape index (κ2) is 6.14. The summed E-state index contributed by atoms with van der Waals surface area (Å²) in [6.07, 6.45) is 7.31. The summed E-state index contributed by atoms with van der Waals surface area (Å²) < 4.78 is 0. The lowest BCUT2D eigenvalue weighted by atomic mass is 9.97. The normalized spacial score (nSPS) is 23.7. The number of unbranched alkanes of at least 4 members (excludes halogenated alkanes) is 2. The molecule has 0 aromatic rings. The summed E-state index contributed by atoms with van der Waals surface area (Å²) in [4.78, 5) is 11.8. The highest BCUT2D eigenvalue weighted by Gasteiger charge is 2.25. The molecule has 0 amide bonds. The van der Waals surface area contributed by atoms with Gasteiger partial charge in [-0.15, -0.1) is 0 Å². The molecule has 1 heterocycles. The summed E-state index contributed by atoms with van der Waals surface area (Å²) in [5.41, 5.74) is 0. The van der Waals surface area contributed by atoms with E-state index in [-0.39, 0.29) is 6.04 Å². The Kier molecular flexibility index (Phi) is 5.12. The van der Waals surface area contributed by atoms with Crippen LogP contribution in [0.2, 0.25) is 0 Å². The van der Waals surface area contributed by atoms with Gasteiger partial charge in [0.05, 0.1) is 6.04 Å². The molecule has 1 aliphatic heterocycles. The third kappa shape index (κ3) is 3.39. The van der Waals surface area contributed by atoms with E-state index in [1.165, 1.54) is 6.42 Å². The number of rotatable bonds is 5. The van der Waals surface area contributed by atoms with Gasteiger partial charge in [0, 0.05) is 13.0 Å². The zero-order valence-electron chi connectivity index (χ0n) is 9.17. The zero-order valence-corrected chi connectivity index (χ0v) is 9.17. The first-order valence-corrected chi connectivity index (χ1v) is 5.79. The van der Waals surface area contributed by atoms with Crippen molar-refractivity contribution in [2.75, 3.05) is 6.54 Å². The first-order chi connectivity index (χ1) is 6.75. The van der Waals surface area contributed by atoms with Crippen LogP contribution in [0.5, 0.6) is 0 Å². The van der Waals surface area contributed by atoms with Gasteiger partial charge in [0.15, 0.2) is 5.78 Å². The summed E-state index contributed by atoms with van der Waals surface area (Å²) >= 11 is 0. The SMILES string of the molecule is CCCCCC(=O)C1CCCCN1N. The van der Waals surface area contributed by atoms with Crippen LogP contribution in [0, 0.1) is 0 Å². The molecule has 1 atom stereocenters. The maximum atomic E-state index is 11.8. The predicted molar refractivity (Wildman–Crippen MR) is 57.7 cm³/mol. The number of hydrogen-bond acceptors (Lipinski definition) is 3. The average Bonchev–Trinajstić information content (AvgIpc) is 2.18. The standard InChI is InChI=1S/C11H22N2O/c1-2-3-4-8-11(14)10-7-5-6-9-13(10)12/h10H,2-9,12H2,1H3. The Hall–Kier alpha value is -0.410. The maximum absolute atomic E-state index is 11.8. The highest BCUT2D eigenvalue weighted by molar-refractivity contribution is 5.83. The molecular weight excluding hydrogens is 176 g/mol. The van der Waals surface area contributed by atoms with Gasteiger partial charge in [0.25, 0.3) is 0 Å². The number of Topliss-reactive ketones (excluding diaryl/α,β-unsaturated/α-hetero) is 1. The number of ketones is 1. The van der Waals surface area contributed by atoms with Crippen molar-refractivity contribution in [3.63, 3.8) is 0 Å². The minimum Gasteiger partial charge on any atom is -0.298 e. The minimum absolute atomic E-state index is 0.0145. The molecule has 0 radical (unpaired) electrons. The number of hydrogen-bond donors (Lipinski definition) is 1. The topological polar surface area (TPSA) is 46.3 Å². The van der Waals surface area contributed by atoms with Crippen LogP contribution in [0.15, 0.2) is 0 Å². The fourth-order valence-electron chi connectivity index (χ4n) is 2.02. The average molecular weight is 198 g/mol. The van der Waals surface area contributed by atoms with Gasteiger partial charge in [-0.3, -0.25) is 10.6 Å². The first kappa shape index (κ1) is 11.7. The maximum Gasteiger partial charge on any atom is 0.151 e. The molecule has 2 N–H and O–H groups in total. The number of nitrogens with zero attached hydrogens (tertiary/aromatic N) is 1. The molecule has 0 spiro atoms. The van der Waals surface area contributed by atoms with Gasteiger partial charge in [-0.1, -0.05) is 26.2 Å². The summed E-state index contributed by atoms with van der Waals surface area (Å²) in [7, 11) is 0. The summed E-state index contributed by atoms with van der Waals surface area (Å²) in [6, 6.07) is 0.0145. The van der Waals surface area contributed by atoms with Crippen molar-refractivity contribution in [1.29, 1.82) is 0 Å². The predicted octanol–water partition coefficient (Wildman–Crippen LogP) is 1.86. The van der Waals surface area contributed by atoms with E-state index < -0.39 is 0 Å². The summed E-state index contributed by atoms with van der Waals surface area (Å²) in [5, 5.41) is 1.73. The molecule has 14 heavy (non-hydrogen) atoms. The van der Waals surface area contributed by atoms with Crippen LogP contribution >= 0.6 is 0 Å². The Morgan fingerprint density at radius 3 is 2.86 bits per heavy atom. The van der Waals surface area contributed by atoms with Crippen molar-refractivity contribution in [2.45, 2.75) is 57.9 Å². The van der Waals surface area contributed by atoms with Crippen LogP contribution in [-0.2, 0) is 4.79 Å². The lowest BCUT2D eigenvalue weighted by Crippen LogP contribution is -2.48. The van der Waals surface area contributed by atoms with Crippen LogP contribution < -0.4 is 5.84 Å². The number of nitrogens with two attached hydrogens (primary N) is 1. The molecule has 0 aromatic carbocycles. The number of piperidine rings is 1. The summed E-state index contributed by atoms with van der Waals surface area (Å²) in [5.74, 6) is 6.14. The lowest BCUT2D eigenvalue weighted by Gasteiger charge is -2.30. The molecule has 1 rings (SSSR count). The van der Waals surface area contributed by atoms with Gasteiger partial charge in [-0.25, -0.2) is 5.01 Å². The quantitative estimate of drug-likeness (QED) is 0.542. The van der Waals surface area contributed by atoms with E-state index in [9.17, 15) is 4.79 Å². The zero-order chi connectivity index (χ0) is 10.4. The molecule has 0 aromatic heterocycles. The lowest BCUT2D eigenvalue weighted by molar-refractivity contribution is -0.125. The first-order valence-electron chi connectivity index (χ1n) is 5.79. The highest BCUT2D eigenvalue weighted by atomic mass is 16.1. The Balaban J connectivity index is 2.27. The molecule has 1 saturated heterocycles. The number of carbonyl (C=O) groups is 1. The smallest absolute Gasteiger partial charge is 0.151 e. The third-order valence-corrected chi connectivity index (χ3v) is 2.94. The van der Waals surface area contributed by atoms with E-state index in [1.54, 1.807) is 5.01 Å². The fourth-order valence-corrected chi connectivity index (χ4v) is 2.02. The van der Waals surface area contributed by atoms with E-state index >= 15 is 0 Å². The van der Waals surface area contributed by atoms with Crippen molar-refractivity contribution in [3.8, 4) is 0 Å². The van der Waals surface area contributed by atoms with E-state index in [0.717, 1.165) is 38.6 Å². The molecule has 1 aliphatic rings. The number of hydrazine groups is 1. The molecule has 82 valence electrons. The second-order valence-electron chi connectivity index (χ2n) is 4.17. The minimum atomic E-state index is 0.0145. The van der Waals surface area contributed by atoms with Gasteiger partial charge in [0.2, 0.25) is 0 Å². The van der Waals surface area contributed by atoms with Gasteiger partial charge < -0.3 is 0 Å². The van der Waals surface area contributed by atoms with Gasteiger partial charge in [-0.05, 0) is 19.3 Å². The van der Waals surface area contributed by atoms with Crippen LogP contribution in [0.25, 0.3) is 0 Å². The third-order valence-electron chi connectivity index (χ3n) is 2.94. The van der Waals surface area contributed by atoms with E-state index in [2.05, 4.69) is 6.92 Å². The van der Waals surface area contributed by atoms with Crippen molar-refractivity contribution in [1.82, 2.24) is 5.01 Å². The molecule has 3 nitrogen and oxygen atoms in total. The van der Waals surface area contributed by atoms with Crippen LogP contribution in [0.1, 0.15) is 51.9 Å². The fraction of sp³-hybridized carbons (Fsp3) is 0.909. The molecule has 0 bridgehead atoms. The van der Waals surface area contributed by atoms with Crippen molar-refractivity contribution < 1.29 is 4.79 Å². The van der Waals surface area contributed by atoms with Gasteiger partial charge >= 0.3 is 0 Å². The van der Waals surface area contributed by atoms with Crippen molar-refractivity contribution in [3.05, 3.63) is 0 Å². The molecule has 1 fully saturated rings. The number of carbonyl (C=O) groups excluding carboxylic acids is 1. The van der Waals surface area contributed by atoms with Crippen LogP contribution in [0.3, 0.4) is 0 Å². The molecule has 0 aliphatic carbocycles. The van der Waals surface area contributed by atoms with Crippen molar-refractivity contribution in [2.24, 2.45) is 5.84 Å². The Labute approximate surface area is 86.6 Å². The molecule has 3 heteroatoms. The molecule has 1 unspecified atom stereocenters. The van der Waals surface area contributed by atoms with E-state index in [0.29, 0.717) is 12.2 Å².